The highest BCUT2D eigenvalue weighted by Crippen LogP contribution is 2.12. The van der Waals surface area contributed by atoms with Gasteiger partial charge >= 0.3 is 0 Å². The number of nitrogens with zero attached hydrogens (tertiary/aromatic N) is 2. The molecule has 0 saturated carbocycles. The van der Waals surface area contributed by atoms with Gasteiger partial charge in [0.1, 0.15) is 5.76 Å². The second-order valence-electron chi connectivity index (χ2n) is 4.69. The highest BCUT2D eigenvalue weighted by molar-refractivity contribution is 5.16. The number of likely N-dealkylation sites (N-methyl/N-ethyl adjacent to an activating group) is 2. The lowest BCUT2D eigenvalue weighted by atomic mass is 10.2. The molecule has 4 heteroatoms. The number of nitrogens with one attached hydrogen (secondary N) is 1. The summed E-state index contributed by atoms with van der Waals surface area (Å²) in [7, 11) is 6.35. The van der Waals surface area contributed by atoms with Gasteiger partial charge in [0.25, 0.3) is 0 Å². The first-order valence-electron chi connectivity index (χ1n) is 6.22. The normalized spacial score (nSPS) is 11.6. The number of hydrogen-bond acceptors (Lipinski definition) is 4. The Hall–Kier alpha value is -0.840. The van der Waals surface area contributed by atoms with Crippen molar-refractivity contribution in [3.8, 4) is 0 Å². The first-order valence-corrected chi connectivity index (χ1v) is 6.22. The van der Waals surface area contributed by atoms with E-state index in [-0.39, 0.29) is 0 Å². The van der Waals surface area contributed by atoms with E-state index >= 15 is 0 Å². The quantitative estimate of drug-likeness (QED) is 0.743. The summed E-state index contributed by atoms with van der Waals surface area (Å²) in [4.78, 5) is 4.52. The van der Waals surface area contributed by atoms with Crippen molar-refractivity contribution in [1.29, 1.82) is 0 Å². The minimum atomic E-state index is 0.820. The van der Waals surface area contributed by atoms with Gasteiger partial charge in [0, 0.05) is 25.2 Å². The van der Waals surface area contributed by atoms with Crippen LogP contribution in [0.5, 0.6) is 0 Å². The molecule has 0 saturated heterocycles. The molecule has 17 heavy (non-hydrogen) atoms. The second-order valence-corrected chi connectivity index (χ2v) is 4.69. The maximum atomic E-state index is 5.49. The van der Waals surface area contributed by atoms with Crippen LogP contribution in [-0.4, -0.2) is 50.6 Å². The van der Waals surface area contributed by atoms with Crippen LogP contribution in [0.2, 0.25) is 0 Å². The Morgan fingerprint density at radius 2 is 2.00 bits per heavy atom. The molecule has 1 rings (SSSR count). The van der Waals surface area contributed by atoms with Gasteiger partial charge < -0.3 is 19.5 Å². The lowest BCUT2D eigenvalue weighted by Gasteiger charge is -2.19. The number of rotatable bonds is 8. The van der Waals surface area contributed by atoms with Crippen LogP contribution in [0.3, 0.4) is 0 Å². The predicted octanol–water partition coefficient (Wildman–Crippen LogP) is 1.38. The maximum Gasteiger partial charge on any atom is 0.122 e. The molecular weight excluding hydrogens is 214 g/mol. The molecule has 1 N–H and O–H groups in total. The summed E-state index contributed by atoms with van der Waals surface area (Å²) in [5.41, 5.74) is 1.28. The Morgan fingerprint density at radius 3 is 2.65 bits per heavy atom. The molecule has 0 aromatic carbocycles. The van der Waals surface area contributed by atoms with E-state index in [0.717, 1.165) is 38.5 Å². The zero-order valence-electron chi connectivity index (χ0n) is 11.5. The van der Waals surface area contributed by atoms with E-state index in [1.807, 2.05) is 0 Å². The maximum absolute atomic E-state index is 5.49. The number of furan rings is 1. The minimum absolute atomic E-state index is 0.820. The van der Waals surface area contributed by atoms with Gasteiger partial charge in [-0.1, -0.05) is 6.92 Å². The summed E-state index contributed by atoms with van der Waals surface area (Å²) in [6.07, 6.45) is 1.78. The van der Waals surface area contributed by atoms with Crippen LogP contribution < -0.4 is 5.32 Å². The fourth-order valence-corrected chi connectivity index (χ4v) is 1.64. The number of hydrogen-bond donors (Lipinski definition) is 1. The molecule has 0 aliphatic carbocycles. The molecule has 1 heterocycles. The SMILES string of the molecule is CCNCc1occc1CN(C)CCN(C)C. The van der Waals surface area contributed by atoms with Crippen LogP contribution in [0.15, 0.2) is 16.7 Å². The Labute approximate surface area is 105 Å². The summed E-state index contributed by atoms with van der Waals surface area (Å²) >= 11 is 0. The zero-order valence-corrected chi connectivity index (χ0v) is 11.5. The van der Waals surface area contributed by atoms with Crippen LogP contribution in [0.25, 0.3) is 0 Å². The van der Waals surface area contributed by atoms with Crippen molar-refractivity contribution in [3.63, 3.8) is 0 Å². The summed E-state index contributed by atoms with van der Waals surface area (Å²) < 4.78 is 5.49. The molecule has 98 valence electrons. The molecule has 0 aliphatic heterocycles. The molecule has 0 amide bonds. The Balaban J connectivity index is 2.41. The van der Waals surface area contributed by atoms with Crippen LogP contribution in [0.4, 0.5) is 0 Å². The fraction of sp³-hybridized carbons (Fsp3) is 0.692. The van der Waals surface area contributed by atoms with Crippen LogP contribution >= 0.6 is 0 Å². The molecule has 0 spiro atoms. The molecule has 0 unspecified atom stereocenters. The lowest BCUT2D eigenvalue weighted by molar-refractivity contribution is 0.274. The van der Waals surface area contributed by atoms with E-state index in [1.165, 1.54) is 5.56 Å². The van der Waals surface area contributed by atoms with Gasteiger partial charge in [0.15, 0.2) is 0 Å². The molecular formula is C13H25N3O. The topological polar surface area (TPSA) is 31.7 Å². The average Bonchev–Trinajstić information content (AvgIpc) is 2.71. The Morgan fingerprint density at radius 1 is 1.24 bits per heavy atom. The summed E-state index contributed by atoms with van der Waals surface area (Å²) in [5, 5.41) is 3.29. The Kier molecular flexibility index (Phi) is 6.26. The summed E-state index contributed by atoms with van der Waals surface area (Å²) in [5.74, 6) is 1.06. The van der Waals surface area contributed by atoms with Crippen molar-refractivity contribution in [3.05, 3.63) is 23.7 Å². The first-order chi connectivity index (χ1) is 8.13. The van der Waals surface area contributed by atoms with Gasteiger partial charge in [0.05, 0.1) is 12.8 Å². The molecule has 1 aromatic heterocycles. The van der Waals surface area contributed by atoms with Crippen molar-refractivity contribution in [1.82, 2.24) is 15.1 Å². The van der Waals surface area contributed by atoms with Crippen molar-refractivity contribution >= 4 is 0 Å². The van der Waals surface area contributed by atoms with Gasteiger partial charge in [0.2, 0.25) is 0 Å². The molecule has 4 nitrogen and oxygen atoms in total. The van der Waals surface area contributed by atoms with E-state index in [0.29, 0.717) is 0 Å². The molecule has 0 atom stereocenters. The van der Waals surface area contributed by atoms with E-state index in [2.05, 4.69) is 49.2 Å². The summed E-state index contributed by atoms with van der Waals surface area (Å²) in [6, 6.07) is 2.07. The molecule has 0 aliphatic rings. The van der Waals surface area contributed by atoms with E-state index in [4.69, 9.17) is 4.42 Å². The molecule has 1 aromatic rings. The monoisotopic (exact) mass is 239 g/mol. The summed E-state index contributed by atoms with van der Waals surface area (Å²) in [6.45, 7) is 6.99. The van der Waals surface area contributed by atoms with E-state index in [1.54, 1.807) is 6.26 Å². The van der Waals surface area contributed by atoms with Crippen molar-refractivity contribution in [2.24, 2.45) is 0 Å². The first kappa shape index (κ1) is 14.2. The lowest BCUT2D eigenvalue weighted by Crippen LogP contribution is -2.28. The fourth-order valence-electron chi connectivity index (χ4n) is 1.64. The minimum Gasteiger partial charge on any atom is -0.468 e. The molecule has 0 radical (unpaired) electrons. The second kappa shape index (κ2) is 7.48. The molecule has 0 bridgehead atoms. The largest absolute Gasteiger partial charge is 0.468 e. The van der Waals surface area contributed by atoms with Crippen LogP contribution in [-0.2, 0) is 13.1 Å². The highest BCUT2D eigenvalue weighted by Gasteiger charge is 2.08. The third-order valence-electron chi connectivity index (χ3n) is 2.74. The van der Waals surface area contributed by atoms with E-state index in [9.17, 15) is 0 Å². The standard InChI is InChI=1S/C13H25N3O/c1-5-14-10-13-12(6-9-17-13)11-16(4)8-7-15(2)3/h6,9,14H,5,7-8,10-11H2,1-4H3. The third-order valence-corrected chi connectivity index (χ3v) is 2.74. The highest BCUT2D eigenvalue weighted by atomic mass is 16.3. The zero-order chi connectivity index (χ0) is 12.7. The van der Waals surface area contributed by atoms with Crippen molar-refractivity contribution < 1.29 is 4.42 Å². The van der Waals surface area contributed by atoms with Crippen LogP contribution in [0, 0.1) is 0 Å². The van der Waals surface area contributed by atoms with Gasteiger partial charge in [-0.25, -0.2) is 0 Å². The van der Waals surface area contributed by atoms with Gasteiger partial charge in [-0.05, 0) is 33.8 Å². The Bertz CT molecular complexity index is 309. The molecule has 0 fully saturated rings. The van der Waals surface area contributed by atoms with Gasteiger partial charge in [-0.15, -0.1) is 0 Å². The predicted molar refractivity (Wildman–Crippen MR) is 71.0 cm³/mol. The van der Waals surface area contributed by atoms with Crippen LogP contribution in [0.1, 0.15) is 18.2 Å². The van der Waals surface area contributed by atoms with Crippen molar-refractivity contribution in [2.45, 2.75) is 20.0 Å². The van der Waals surface area contributed by atoms with Crippen molar-refractivity contribution in [2.75, 3.05) is 40.8 Å². The third kappa shape index (κ3) is 5.35. The van der Waals surface area contributed by atoms with Gasteiger partial charge in [-0.2, -0.15) is 0 Å². The average molecular weight is 239 g/mol. The van der Waals surface area contributed by atoms with E-state index < -0.39 is 0 Å². The van der Waals surface area contributed by atoms with Gasteiger partial charge in [-0.3, -0.25) is 0 Å². The smallest absolute Gasteiger partial charge is 0.122 e.